The fourth-order valence-corrected chi connectivity index (χ4v) is 1.62. The maximum atomic E-state index is 11.6. The van der Waals surface area contributed by atoms with Crippen LogP contribution in [0.2, 0.25) is 5.02 Å². The molecule has 1 aromatic rings. The van der Waals surface area contributed by atoms with Gasteiger partial charge in [-0.1, -0.05) is 23.7 Å². The minimum atomic E-state index is -0.290. The van der Waals surface area contributed by atoms with Crippen molar-refractivity contribution in [2.45, 2.75) is 13.0 Å². The van der Waals surface area contributed by atoms with Crippen LogP contribution in [0, 0.1) is 0 Å². The molecule has 0 saturated carbocycles. The zero-order valence-corrected chi connectivity index (χ0v) is 12.5. The molecular formula is C14H20ClN3O2. The van der Waals surface area contributed by atoms with Gasteiger partial charge in [0.2, 0.25) is 11.8 Å². The highest BCUT2D eigenvalue weighted by Gasteiger charge is 2.08. The van der Waals surface area contributed by atoms with E-state index in [1.807, 2.05) is 31.1 Å². The van der Waals surface area contributed by atoms with Gasteiger partial charge >= 0.3 is 0 Å². The van der Waals surface area contributed by atoms with Gasteiger partial charge in [0, 0.05) is 24.7 Å². The molecule has 1 rings (SSSR count). The molecule has 2 amide bonds. The third-order valence-corrected chi connectivity index (χ3v) is 2.86. The Kier molecular flexibility index (Phi) is 7.04. The van der Waals surface area contributed by atoms with Crippen molar-refractivity contribution in [3.05, 3.63) is 34.9 Å². The number of halogens is 1. The largest absolute Gasteiger partial charge is 0.354 e. The third-order valence-electron chi connectivity index (χ3n) is 2.61. The van der Waals surface area contributed by atoms with Crippen molar-refractivity contribution in [3.63, 3.8) is 0 Å². The van der Waals surface area contributed by atoms with E-state index in [1.165, 1.54) is 0 Å². The first kappa shape index (κ1) is 16.5. The minimum absolute atomic E-state index is 0.152. The summed E-state index contributed by atoms with van der Waals surface area (Å²) in [4.78, 5) is 25.0. The fourth-order valence-electron chi connectivity index (χ4n) is 1.49. The second-order valence-corrected chi connectivity index (χ2v) is 5.17. The molecule has 0 saturated heterocycles. The molecule has 20 heavy (non-hydrogen) atoms. The minimum Gasteiger partial charge on any atom is -0.354 e. The Morgan fingerprint density at radius 1 is 1.10 bits per heavy atom. The van der Waals surface area contributed by atoms with Crippen LogP contribution in [0.5, 0.6) is 0 Å². The number of rotatable bonds is 7. The van der Waals surface area contributed by atoms with Gasteiger partial charge in [0.05, 0.1) is 0 Å². The Morgan fingerprint density at radius 3 is 2.30 bits per heavy atom. The Hall–Kier alpha value is -1.59. The number of hydrogen-bond donors (Lipinski definition) is 2. The van der Waals surface area contributed by atoms with Gasteiger partial charge in [0.25, 0.3) is 0 Å². The summed E-state index contributed by atoms with van der Waals surface area (Å²) >= 11 is 5.77. The maximum Gasteiger partial charge on any atom is 0.229 e. The average molecular weight is 298 g/mol. The lowest BCUT2D eigenvalue weighted by Gasteiger charge is -2.10. The summed E-state index contributed by atoms with van der Waals surface area (Å²) in [5.74, 6) is -0.553. The van der Waals surface area contributed by atoms with Crippen molar-refractivity contribution in [1.82, 2.24) is 15.5 Å². The molecule has 0 heterocycles. The second-order valence-electron chi connectivity index (χ2n) is 4.73. The van der Waals surface area contributed by atoms with E-state index in [4.69, 9.17) is 11.6 Å². The van der Waals surface area contributed by atoms with Crippen molar-refractivity contribution in [3.8, 4) is 0 Å². The summed E-state index contributed by atoms with van der Waals surface area (Å²) in [5.41, 5.74) is 0.941. The molecule has 0 unspecified atom stereocenters. The number of nitrogens with one attached hydrogen (secondary N) is 2. The molecule has 0 fully saturated rings. The van der Waals surface area contributed by atoms with E-state index in [2.05, 4.69) is 10.6 Å². The second kappa shape index (κ2) is 8.55. The molecule has 110 valence electrons. The van der Waals surface area contributed by atoms with Crippen LogP contribution in [0.15, 0.2) is 24.3 Å². The summed E-state index contributed by atoms with van der Waals surface area (Å²) in [6, 6.07) is 7.19. The first-order valence-corrected chi connectivity index (χ1v) is 6.77. The smallest absolute Gasteiger partial charge is 0.229 e. The molecule has 0 bridgehead atoms. The molecule has 0 spiro atoms. The van der Waals surface area contributed by atoms with Gasteiger partial charge in [-0.15, -0.1) is 0 Å². The SMILES string of the molecule is CN(C)CCNC(=O)CC(=O)NCc1ccc(Cl)cc1. The molecule has 6 heteroatoms. The van der Waals surface area contributed by atoms with Crippen LogP contribution in [0.4, 0.5) is 0 Å². The summed E-state index contributed by atoms with van der Waals surface area (Å²) in [6.45, 7) is 1.68. The topological polar surface area (TPSA) is 61.4 Å². The molecule has 0 atom stereocenters. The van der Waals surface area contributed by atoms with Gasteiger partial charge in [-0.25, -0.2) is 0 Å². The highest BCUT2D eigenvalue weighted by molar-refractivity contribution is 6.30. The van der Waals surface area contributed by atoms with Crippen molar-refractivity contribution < 1.29 is 9.59 Å². The number of nitrogens with zero attached hydrogens (tertiary/aromatic N) is 1. The van der Waals surface area contributed by atoms with E-state index < -0.39 is 0 Å². The monoisotopic (exact) mass is 297 g/mol. The van der Waals surface area contributed by atoms with Crippen LogP contribution < -0.4 is 10.6 Å². The van der Waals surface area contributed by atoms with Crippen LogP contribution in [0.3, 0.4) is 0 Å². The first-order valence-electron chi connectivity index (χ1n) is 6.40. The van der Waals surface area contributed by atoms with Gasteiger partial charge in [0.1, 0.15) is 6.42 Å². The predicted octanol–water partition coefficient (Wildman–Crippen LogP) is 1.02. The lowest BCUT2D eigenvalue weighted by Crippen LogP contribution is -2.35. The molecule has 0 aliphatic carbocycles. The molecular weight excluding hydrogens is 278 g/mol. The number of likely N-dealkylation sites (N-methyl/N-ethyl adjacent to an activating group) is 1. The maximum absolute atomic E-state index is 11.6. The summed E-state index contributed by atoms with van der Waals surface area (Å²) in [5, 5.41) is 6.04. The third kappa shape index (κ3) is 7.11. The van der Waals surface area contributed by atoms with Crippen molar-refractivity contribution >= 4 is 23.4 Å². The van der Waals surface area contributed by atoms with Gasteiger partial charge in [-0.05, 0) is 31.8 Å². The zero-order chi connectivity index (χ0) is 15.0. The molecule has 5 nitrogen and oxygen atoms in total. The van der Waals surface area contributed by atoms with Gasteiger partial charge in [0.15, 0.2) is 0 Å². The highest BCUT2D eigenvalue weighted by atomic mass is 35.5. The number of hydrogen-bond acceptors (Lipinski definition) is 3. The van der Waals surface area contributed by atoms with Crippen molar-refractivity contribution in [2.24, 2.45) is 0 Å². The van der Waals surface area contributed by atoms with Gasteiger partial charge < -0.3 is 15.5 Å². The van der Waals surface area contributed by atoms with Crippen molar-refractivity contribution in [2.75, 3.05) is 27.2 Å². The number of benzene rings is 1. The normalized spacial score (nSPS) is 10.4. The van der Waals surface area contributed by atoms with E-state index >= 15 is 0 Å². The van der Waals surface area contributed by atoms with Crippen LogP contribution >= 0.6 is 11.6 Å². The first-order chi connectivity index (χ1) is 9.47. The lowest BCUT2D eigenvalue weighted by atomic mass is 10.2. The molecule has 2 N–H and O–H groups in total. The van der Waals surface area contributed by atoms with Gasteiger partial charge in [-0.3, -0.25) is 9.59 Å². The summed E-state index contributed by atoms with van der Waals surface area (Å²) in [7, 11) is 3.84. The van der Waals surface area contributed by atoms with Crippen LogP contribution in [-0.4, -0.2) is 43.9 Å². The summed E-state index contributed by atoms with van der Waals surface area (Å²) in [6.07, 6.45) is -0.152. The van der Waals surface area contributed by atoms with Crippen LogP contribution in [-0.2, 0) is 16.1 Å². The van der Waals surface area contributed by atoms with E-state index in [1.54, 1.807) is 12.1 Å². The molecule has 0 aliphatic heterocycles. The Bertz CT molecular complexity index is 446. The number of carbonyl (C=O) groups excluding carboxylic acids is 2. The fraction of sp³-hybridized carbons (Fsp3) is 0.429. The highest BCUT2D eigenvalue weighted by Crippen LogP contribution is 2.09. The molecule has 0 aromatic heterocycles. The van der Waals surface area contributed by atoms with Gasteiger partial charge in [-0.2, -0.15) is 0 Å². The zero-order valence-electron chi connectivity index (χ0n) is 11.8. The molecule has 0 radical (unpaired) electrons. The van der Waals surface area contributed by atoms with Crippen molar-refractivity contribution in [1.29, 1.82) is 0 Å². The average Bonchev–Trinajstić information content (AvgIpc) is 2.37. The van der Waals surface area contributed by atoms with Crippen LogP contribution in [0.1, 0.15) is 12.0 Å². The summed E-state index contributed by atoms with van der Waals surface area (Å²) < 4.78 is 0. The van der Waals surface area contributed by atoms with Crippen LogP contribution in [0.25, 0.3) is 0 Å². The number of amides is 2. The Labute approximate surface area is 124 Å². The van der Waals surface area contributed by atoms with E-state index in [0.29, 0.717) is 18.1 Å². The number of carbonyl (C=O) groups is 2. The van der Waals surface area contributed by atoms with E-state index in [-0.39, 0.29) is 18.2 Å². The lowest BCUT2D eigenvalue weighted by molar-refractivity contribution is -0.129. The van der Waals surface area contributed by atoms with E-state index in [0.717, 1.165) is 12.1 Å². The quantitative estimate of drug-likeness (QED) is 0.739. The Balaban J connectivity index is 2.22. The molecule has 1 aromatic carbocycles. The van der Waals surface area contributed by atoms with E-state index in [9.17, 15) is 9.59 Å². The standard InChI is InChI=1S/C14H20ClN3O2/c1-18(2)8-7-16-13(19)9-14(20)17-10-11-3-5-12(15)6-4-11/h3-6H,7-10H2,1-2H3,(H,16,19)(H,17,20). The predicted molar refractivity (Wildman–Crippen MR) is 79.5 cm³/mol. The Morgan fingerprint density at radius 2 is 1.70 bits per heavy atom. The molecule has 0 aliphatic rings.